The highest BCUT2D eigenvalue weighted by atomic mass is 16.7. The molecule has 352 valence electrons. The molecular weight excluding hydrogens is 773 g/mol. The van der Waals surface area contributed by atoms with Gasteiger partial charge in [-0.1, -0.05) is 184 Å². The molecule has 6 atom stereocenters. The fraction of sp³-hybridized carbons (Fsp3) is 0.765. The van der Waals surface area contributed by atoms with Gasteiger partial charge in [0.1, 0.15) is 31.0 Å². The van der Waals surface area contributed by atoms with Crippen molar-refractivity contribution in [2.24, 2.45) is 0 Å². The maximum Gasteiger partial charge on any atom is 0.306 e. The van der Waals surface area contributed by atoms with Crippen LogP contribution in [0.1, 0.15) is 194 Å². The fourth-order valence-corrected chi connectivity index (χ4v) is 7.10. The van der Waals surface area contributed by atoms with Gasteiger partial charge >= 0.3 is 11.9 Å². The van der Waals surface area contributed by atoms with Crippen LogP contribution in [0.3, 0.4) is 0 Å². The average molecular weight is 861 g/mol. The number of unbranched alkanes of at least 4 members (excludes halogenated alkanes) is 19. The van der Waals surface area contributed by atoms with E-state index < -0.39 is 49.4 Å². The van der Waals surface area contributed by atoms with Crippen LogP contribution in [0.5, 0.6) is 0 Å². The van der Waals surface area contributed by atoms with Crippen LogP contribution < -0.4 is 0 Å². The molecule has 10 nitrogen and oxygen atoms in total. The summed E-state index contributed by atoms with van der Waals surface area (Å²) >= 11 is 0. The van der Waals surface area contributed by atoms with Gasteiger partial charge in [0.05, 0.1) is 13.2 Å². The van der Waals surface area contributed by atoms with Gasteiger partial charge in [-0.25, -0.2) is 0 Å². The maximum absolute atomic E-state index is 12.8. The maximum atomic E-state index is 12.8. The zero-order chi connectivity index (χ0) is 44.4. The summed E-state index contributed by atoms with van der Waals surface area (Å²) in [6.07, 6.45) is 43.7. The van der Waals surface area contributed by atoms with Crippen LogP contribution in [-0.2, 0) is 28.5 Å². The van der Waals surface area contributed by atoms with Crippen molar-refractivity contribution in [2.75, 3.05) is 19.8 Å². The Morgan fingerprint density at radius 1 is 0.525 bits per heavy atom. The second-order valence-corrected chi connectivity index (χ2v) is 16.5. The normalized spacial score (nSPS) is 20.3. The number of hydrogen-bond acceptors (Lipinski definition) is 10. The molecule has 2 unspecified atom stereocenters. The summed E-state index contributed by atoms with van der Waals surface area (Å²) in [7, 11) is 0. The summed E-state index contributed by atoms with van der Waals surface area (Å²) in [6, 6.07) is 0. The highest BCUT2D eigenvalue weighted by Crippen LogP contribution is 2.23. The lowest BCUT2D eigenvalue weighted by atomic mass is 9.99. The summed E-state index contributed by atoms with van der Waals surface area (Å²) in [4.78, 5) is 25.4. The molecule has 0 aromatic carbocycles. The second-order valence-electron chi connectivity index (χ2n) is 16.5. The number of allylic oxidation sites excluding steroid dienone is 10. The molecule has 1 rings (SSSR count). The number of carbonyl (C=O) groups excluding carboxylic acids is 2. The van der Waals surface area contributed by atoms with Crippen LogP contribution in [0.4, 0.5) is 0 Å². The average Bonchev–Trinajstić information content (AvgIpc) is 3.26. The molecule has 1 fully saturated rings. The van der Waals surface area contributed by atoms with Gasteiger partial charge in [-0.2, -0.15) is 0 Å². The van der Waals surface area contributed by atoms with Gasteiger partial charge in [0, 0.05) is 12.8 Å². The van der Waals surface area contributed by atoms with Gasteiger partial charge < -0.3 is 39.4 Å². The Kier molecular flexibility index (Phi) is 38.3. The van der Waals surface area contributed by atoms with E-state index in [2.05, 4.69) is 74.6 Å². The van der Waals surface area contributed by atoms with E-state index in [9.17, 15) is 30.0 Å². The molecule has 61 heavy (non-hydrogen) atoms. The van der Waals surface area contributed by atoms with Gasteiger partial charge in [-0.05, 0) is 57.8 Å². The minimum absolute atomic E-state index is 0.190. The van der Waals surface area contributed by atoms with Gasteiger partial charge in [0.15, 0.2) is 12.4 Å². The van der Waals surface area contributed by atoms with Gasteiger partial charge in [0.25, 0.3) is 0 Å². The summed E-state index contributed by atoms with van der Waals surface area (Å²) in [5.74, 6) is -0.841. The molecule has 0 aliphatic carbocycles. The minimum atomic E-state index is -1.60. The number of ether oxygens (including phenoxy) is 4. The van der Waals surface area contributed by atoms with E-state index in [0.717, 1.165) is 70.6 Å². The Morgan fingerprint density at radius 2 is 0.967 bits per heavy atom. The van der Waals surface area contributed by atoms with Gasteiger partial charge in [0.2, 0.25) is 0 Å². The molecular formula is C51H88O10. The predicted molar refractivity (Wildman–Crippen MR) is 247 cm³/mol. The number of rotatable bonds is 40. The zero-order valence-corrected chi connectivity index (χ0v) is 38.4. The molecule has 0 aromatic heterocycles. The van der Waals surface area contributed by atoms with Crippen LogP contribution >= 0.6 is 0 Å². The van der Waals surface area contributed by atoms with Crippen LogP contribution in [0.2, 0.25) is 0 Å². The van der Waals surface area contributed by atoms with Gasteiger partial charge in [-0.15, -0.1) is 0 Å². The molecule has 10 heteroatoms. The van der Waals surface area contributed by atoms with E-state index in [4.69, 9.17) is 18.9 Å². The Bertz CT molecular complexity index is 1180. The zero-order valence-electron chi connectivity index (χ0n) is 38.4. The number of hydrogen-bond donors (Lipinski definition) is 4. The lowest BCUT2D eigenvalue weighted by molar-refractivity contribution is -0.305. The number of aliphatic hydroxyl groups excluding tert-OH is 4. The van der Waals surface area contributed by atoms with Crippen LogP contribution in [0.25, 0.3) is 0 Å². The molecule has 0 aromatic rings. The van der Waals surface area contributed by atoms with E-state index in [-0.39, 0.29) is 32.0 Å². The van der Waals surface area contributed by atoms with Crippen molar-refractivity contribution in [1.29, 1.82) is 0 Å². The molecule has 0 saturated carbocycles. The third-order valence-electron chi connectivity index (χ3n) is 10.9. The summed E-state index contributed by atoms with van der Waals surface area (Å²) < 4.78 is 22.2. The minimum Gasteiger partial charge on any atom is -0.462 e. The highest BCUT2D eigenvalue weighted by Gasteiger charge is 2.44. The van der Waals surface area contributed by atoms with E-state index in [0.29, 0.717) is 6.42 Å². The number of esters is 2. The smallest absolute Gasteiger partial charge is 0.306 e. The number of aliphatic hydroxyl groups is 4. The summed E-state index contributed by atoms with van der Waals surface area (Å²) in [5.41, 5.74) is 0. The second kappa shape index (κ2) is 41.4. The molecule has 1 heterocycles. The Morgan fingerprint density at radius 3 is 1.46 bits per heavy atom. The van der Waals surface area contributed by atoms with E-state index in [1.165, 1.54) is 89.9 Å². The lowest BCUT2D eigenvalue weighted by Crippen LogP contribution is -2.59. The van der Waals surface area contributed by atoms with Crippen molar-refractivity contribution in [3.05, 3.63) is 60.8 Å². The standard InChI is InChI=1S/C51H88O10/c1-3-5-7-9-11-13-15-17-19-21-22-24-26-28-30-32-34-36-38-40-47(54)60-44(43-59-51-50(57)49(56)48(55)45(41-52)61-51)42-58-46(53)39-37-35-33-31-29-27-25-23-20-18-16-14-12-10-8-6-4-2/h5,7,11,13,17,19,22,24,28,30,44-45,48-52,55-57H,3-4,6,8-10,12,14-16,18,20-21,23,25-27,29,31-43H2,1-2H3/b7-5+,13-11+,19-17+,24-22+,30-28+/t44-,45-,48+,49?,50?,51-/m1/s1. The van der Waals surface area contributed by atoms with Crippen molar-refractivity contribution >= 4 is 11.9 Å². The van der Waals surface area contributed by atoms with Crippen molar-refractivity contribution < 1.29 is 49.0 Å². The molecule has 0 amide bonds. The first-order valence-electron chi connectivity index (χ1n) is 24.4. The topological polar surface area (TPSA) is 152 Å². The van der Waals surface area contributed by atoms with Crippen LogP contribution in [0, 0.1) is 0 Å². The van der Waals surface area contributed by atoms with Crippen molar-refractivity contribution in [3.8, 4) is 0 Å². The third-order valence-corrected chi connectivity index (χ3v) is 10.9. The lowest BCUT2D eigenvalue weighted by Gasteiger charge is -2.39. The molecule has 0 spiro atoms. The molecule has 1 aliphatic rings. The molecule has 4 N–H and O–H groups in total. The quantitative estimate of drug-likeness (QED) is 0.0266. The van der Waals surface area contributed by atoms with E-state index >= 15 is 0 Å². The Balaban J connectivity index is 2.32. The van der Waals surface area contributed by atoms with Crippen molar-refractivity contribution in [3.63, 3.8) is 0 Å². The molecule has 1 saturated heterocycles. The van der Waals surface area contributed by atoms with E-state index in [1.54, 1.807) is 0 Å². The van der Waals surface area contributed by atoms with Crippen LogP contribution in [-0.4, -0.2) is 89.0 Å². The SMILES string of the molecule is CC/C=C/C/C=C/C/C=C/C/C=C/C/C=C/CCCCCC(=O)O[C@H](COC(=O)CCCCCCCCCCCCCCCCCCC)CO[C@@H]1O[C@H](CO)[C@H](O)C(O)C1O. The van der Waals surface area contributed by atoms with Gasteiger partial charge in [-0.3, -0.25) is 9.59 Å². The summed E-state index contributed by atoms with van der Waals surface area (Å²) in [6.45, 7) is 3.29. The highest BCUT2D eigenvalue weighted by molar-refractivity contribution is 5.70. The van der Waals surface area contributed by atoms with E-state index in [1.807, 2.05) is 0 Å². The number of carbonyl (C=O) groups is 2. The fourth-order valence-electron chi connectivity index (χ4n) is 7.10. The first kappa shape index (κ1) is 56.4. The van der Waals surface area contributed by atoms with Crippen molar-refractivity contribution in [2.45, 2.75) is 230 Å². The Hall–Kier alpha value is -2.60. The van der Waals surface area contributed by atoms with Crippen LogP contribution in [0.15, 0.2) is 60.8 Å². The predicted octanol–water partition coefficient (Wildman–Crippen LogP) is 11.0. The molecule has 0 radical (unpaired) electrons. The summed E-state index contributed by atoms with van der Waals surface area (Å²) in [5, 5.41) is 40.1. The largest absolute Gasteiger partial charge is 0.462 e. The van der Waals surface area contributed by atoms with Crippen molar-refractivity contribution in [1.82, 2.24) is 0 Å². The first-order chi connectivity index (χ1) is 29.8. The molecule has 1 aliphatic heterocycles. The third kappa shape index (κ3) is 32.7. The first-order valence-corrected chi connectivity index (χ1v) is 24.4. The molecule has 0 bridgehead atoms. The Labute approximate surface area is 370 Å². The monoisotopic (exact) mass is 861 g/mol.